The number of hydrogen-bond donors (Lipinski definition) is 3. The lowest BCUT2D eigenvalue weighted by Gasteiger charge is -2.01. The van der Waals surface area contributed by atoms with Crippen molar-refractivity contribution in [2.75, 3.05) is 6.54 Å². The van der Waals surface area contributed by atoms with Crippen molar-refractivity contribution in [1.82, 2.24) is 0 Å². The first-order chi connectivity index (χ1) is 6.63. The number of nitrogens with two attached hydrogens (primary N) is 1. The Labute approximate surface area is 81.9 Å². The molecule has 0 aromatic heterocycles. The summed E-state index contributed by atoms with van der Waals surface area (Å²) in [5, 5.41) is 16.4. The van der Waals surface area contributed by atoms with Crippen LogP contribution in [0.2, 0.25) is 0 Å². The van der Waals surface area contributed by atoms with Gasteiger partial charge in [-0.1, -0.05) is 12.1 Å². The fraction of sp³-hybridized carbons (Fsp3) is 0.200. The molecule has 4 nitrogen and oxygen atoms in total. The van der Waals surface area contributed by atoms with E-state index in [-0.39, 0.29) is 30.2 Å². The van der Waals surface area contributed by atoms with E-state index in [1.807, 2.05) is 0 Å². The molecule has 1 aromatic rings. The molecule has 1 aromatic carbocycles. The summed E-state index contributed by atoms with van der Waals surface area (Å²) in [6.45, 7) is -0.128. The molecule has 0 spiro atoms. The highest BCUT2D eigenvalue weighted by atomic mass is 16.3. The molecule has 0 saturated carbocycles. The van der Waals surface area contributed by atoms with E-state index >= 15 is 0 Å². The number of hydrogen-bond acceptors (Lipinski definition) is 4. The Hall–Kier alpha value is -1.68. The van der Waals surface area contributed by atoms with Gasteiger partial charge in [0.1, 0.15) is 5.75 Å². The number of nitrogens with one attached hydrogen (secondary N) is 1. The average molecular weight is 192 g/mol. The number of aromatic hydroxyl groups is 1. The molecule has 14 heavy (non-hydrogen) atoms. The Balaban J connectivity index is 2.65. The Bertz CT molecular complexity index is 344. The van der Waals surface area contributed by atoms with Crippen LogP contribution in [0.15, 0.2) is 24.3 Å². The highest BCUT2D eigenvalue weighted by molar-refractivity contribution is 6.39. The smallest absolute Gasteiger partial charge is 0.190 e. The fourth-order valence-corrected chi connectivity index (χ4v) is 1.04. The first-order valence-electron chi connectivity index (χ1n) is 4.22. The van der Waals surface area contributed by atoms with Crippen molar-refractivity contribution in [2.24, 2.45) is 5.73 Å². The predicted molar refractivity (Wildman–Crippen MR) is 53.6 cm³/mol. The summed E-state index contributed by atoms with van der Waals surface area (Å²) < 4.78 is 0. The maximum Gasteiger partial charge on any atom is 0.190 e. The molecule has 4 heteroatoms. The van der Waals surface area contributed by atoms with Crippen molar-refractivity contribution in [3.8, 4) is 5.75 Å². The zero-order valence-corrected chi connectivity index (χ0v) is 7.66. The third-order valence-electron chi connectivity index (χ3n) is 1.84. The van der Waals surface area contributed by atoms with Crippen LogP contribution in [0, 0.1) is 5.41 Å². The van der Waals surface area contributed by atoms with Crippen LogP contribution in [0.25, 0.3) is 0 Å². The number of phenolic OH excluding ortho intramolecular Hbond substituents is 1. The van der Waals surface area contributed by atoms with E-state index in [9.17, 15) is 4.79 Å². The van der Waals surface area contributed by atoms with E-state index in [2.05, 4.69) is 0 Å². The van der Waals surface area contributed by atoms with Gasteiger partial charge in [0.15, 0.2) is 5.78 Å². The number of Topliss-reactive ketones (excluding diaryl/α,β-unsaturated/α-hetero) is 1. The van der Waals surface area contributed by atoms with Crippen LogP contribution in [0.5, 0.6) is 5.75 Å². The topological polar surface area (TPSA) is 87.2 Å². The van der Waals surface area contributed by atoms with Crippen LogP contribution in [0.1, 0.15) is 5.56 Å². The van der Waals surface area contributed by atoms with Gasteiger partial charge in [0, 0.05) is 6.42 Å². The van der Waals surface area contributed by atoms with Crippen molar-refractivity contribution in [3.63, 3.8) is 0 Å². The lowest BCUT2D eigenvalue weighted by molar-refractivity contribution is -0.111. The van der Waals surface area contributed by atoms with Gasteiger partial charge in [0.05, 0.1) is 12.3 Å². The van der Waals surface area contributed by atoms with Crippen molar-refractivity contribution in [3.05, 3.63) is 29.8 Å². The van der Waals surface area contributed by atoms with Gasteiger partial charge >= 0.3 is 0 Å². The van der Waals surface area contributed by atoms with E-state index in [4.69, 9.17) is 16.2 Å². The summed E-state index contributed by atoms with van der Waals surface area (Å²) in [5.74, 6) is -0.177. The number of carbonyl (C=O) groups excluding carboxylic acids is 1. The molecule has 1 rings (SSSR count). The van der Waals surface area contributed by atoms with E-state index < -0.39 is 0 Å². The minimum atomic E-state index is -0.349. The van der Waals surface area contributed by atoms with Gasteiger partial charge < -0.3 is 16.2 Å². The number of rotatable bonds is 4. The summed E-state index contributed by atoms with van der Waals surface area (Å²) in [4.78, 5) is 11.0. The van der Waals surface area contributed by atoms with Crippen LogP contribution in [-0.4, -0.2) is 23.1 Å². The summed E-state index contributed by atoms with van der Waals surface area (Å²) in [5.41, 5.74) is 5.93. The molecule has 0 amide bonds. The first-order valence-corrected chi connectivity index (χ1v) is 4.22. The average Bonchev–Trinajstić information content (AvgIpc) is 2.20. The molecule has 0 radical (unpaired) electrons. The van der Waals surface area contributed by atoms with Gasteiger partial charge in [-0.25, -0.2) is 0 Å². The maximum atomic E-state index is 11.0. The summed E-state index contributed by atoms with van der Waals surface area (Å²) in [6.07, 6.45) is 0.260. The Morgan fingerprint density at radius 2 is 1.93 bits per heavy atom. The summed E-state index contributed by atoms with van der Waals surface area (Å²) >= 11 is 0. The molecule has 0 aliphatic carbocycles. The Morgan fingerprint density at radius 1 is 1.36 bits per heavy atom. The lowest BCUT2D eigenvalue weighted by Crippen LogP contribution is -2.24. The monoisotopic (exact) mass is 192 g/mol. The number of ketones is 1. The second-order valence-corrected chi connectivity index (χ2v) is 2.95. The molecule has 0 aliphatic rings. The van der Waals surface area contributed by atoms with Crippen LogP contribution in [0.3, 0.4) is 0 Å². The molecule has 4 N–H and O–H groups in total. The molecule has 0 fully saturated rings. The van der Waals surface area contributed by atoms with E-state index in [1.165, 1.54) is 12.1 Å². The Kier molecular flexibility index (Phi) is 3.36. The molecule has 0 bridgehead atoms. The quantitative estimate of drug-likeness (QED) is 0.606. The zero-order valence-electron chi connectivity index (χ0n) is 7.66. The van der Waals surface area contributed by atoms with Gasteiger partial charge in [0.25, 0.3) is 0 Å². The molecule has 74 valence electrons. The number of carbonyl (C=O) groups is 1. The minimum Gasteiger partial charge on any atom is -0.508 e. The largest absolute Gasteiger partial charge is 0.508 e. The Morgan fingerprint density at radius 3 is 2.43 bits per heavy atom. The highest BCUT2D eigenvalue weighted by Crippen LogP contribution is 2.10. The van der Waals surface area contributed by atoms with Crippen molar-refractivity contribution in [1.29, 1.82) is 5.41 Å². The van der Waals surface area contributed by atoms with Crippen molar-refractivity contribution < 1.29 is 9.90 Å². The third kappa shape index (κ3) is 2.67. The van der Waals surface area contributed by atoms with Crippen molar-refractivity contribution in [2.45, 2.75) is 6.42 Å². The van der Waals surface area contributed by atoms with E-state index in [0.29, 0.717) is 0 Å². The minimum absolute atomic E-state index is 0.00168. The SMILES string of the molecule is N=C(Cc1ccc(O)cc1)C(=O)CN. The molecule has 0 unspecified atom stereocenters. The van der Waals surface area contributed by atoms with Crippen LogP contribution in [-0.2, 0) is 11.2 Å². The second-order valence-electron chi connectivity index (χ2n) is 2.95. The van der Waals surface area contributed by atoms with Crippen LogP contribution in [0.4, 0.5) is 0 Å². The standard InChI is InChI=1S/C10H12N2O2/c11-6-10(14)9(12)5-7-1-3-8(13)4-2-7/h1-4,12-13H,5-6,11H2. The van der Waals surface area contributed by atoms with Crippen LogP contribution >= 0.6 is 0 Å². The highest BCUT2D eigenvalue weighted by Gasteiger charge is 2.07. The normalized spacial score (nSPS) is 9.79. The van der Waals surface area contributed by atoms with Gasteiger partial charge in [-0.3, -0.25) is 4.79 Å². The van der Waals surface area contributed by atoms with E-state index in [1.54, 1.807) is 12.1 Å². The van der Waals surface area contributed by atoms with Crippen LogP contribution < -0.4 is 5.73 Å². The molecule has 0 aliphatic heterocycles. The van der Waals surface area contributed by atoms with E-state index in [0.717, 1.165) is 5.56 Å². The predicted octanol–water partition coefficient (Wildman–Crippen LogP) is 0.482. The number of phenols is 1. The number of benzene rings is 1. The van der Waals surface area contributed by atoms with Gasteiger partial charge in [-0.05, 0) is 17.7 Å². The van der Waals surface area contributed by atoms with Crippen molar-refractivity contribution >= 4 is 11.5 Å². The second kappa shape index (κ2) is 4.53. The summed E-state index contributed by atoms with van der Waals surface area (Å²) in [6, 6.07) is 6.40. The molecule has 0 saturated heterocycles. The molecule has 0 heterocycles. The molecular weight excluding hydrogens is 180 g/mol. The maximum absolute atomic E-state index is 11.0. The fourth-order valence-electron chi connectivity index (χ4n) is 1.04. The molecular formula is C10H12N2O2. The van der Waals surface area contributed by atoms with Gasteiger partial charge in [-0.2, -0.15) is 0 Å². The lowest BCUT2D eigenvalue weighted by atomic mass is 10.1. The van der Waals surface area contributed by atoms with Gasteiger partial charge in [-0.15, -0.1) is 0 Å². The third-order valence-corrected chi connectivity index (χ3v) is 1.84. The van der Waals surface area contributed by atoms with Gasteiger partial charge in [0.2, 0.25) is 0 Å². The molecule has 0 atom stereocenters. The first kappa shape index (κ1) is 10.4. The summed E-state index contributed by atoms with van der Waals surface area (Å²) in [7, 11) is 0. The zero-order chi connectivity index (χ0) is 10.6.